The number of carboxylic acid groups (broad SMARTS) is 1. The summed E-state index contributed by atoms with van der Waals surface area (Å²) >= 11 is 0. The van der Waals surface area contributed by atoms with Gasteiger partial charge in [0.2, 0.25) is 0 Å². The van der Waals surface area contributed by atoms with E-state index < -0.39 is 5.97 Å². The van der Waals surface area contributed by atoms with Gasteiger partial charge in [-0.15, -0.1) is 0 Å². The number of hydrogen-bond donors (Lipinski definition) is 1. The molecule has 0 rings (SSSR count). The Morgan fingerprint density at radius 1 is 1.33 bits per heavy atom. The lowest BCUT2D eigenvalue weighted by Gasteiger charge is -2.15. The first-order valence-electron chi connectivity index (χ1n) is 4.23. The van der Waals surface area contributed by atoms with Crippen molar-refractivity contribution in [2.45, 2.75) is 33.6 Å². The molecule has 0 amide bonds. The average molecular weight is 172 g/mol. The quantitative estimate of drug-likeness (QED) is 0.642. The largest absolute Gasteiger partial charge is 0.481 e. The Labute approximate surface area is 72.8 Å². The van der Waals surface area contributed by atoms with Crippen LogP contribution in [0.5, 0.6) is 0 Å². The van der Waals surface area contributed by atoms with Crippen molar-refractivity contribution in [2.75, 3.05) is 0 Å². The van der Waals surface area contributed by atoms with E-state index in [1.807, 2.05) is 13.8 Å². The normalized spacial score (nSPS) is 15.2. The maximum Gasteiger partial charge on any atom is 0.310 e. The van der Waals surface area contributed by atoms with E-state index in [0.29, 0.717) is 0 Å². The number of hydrogen-bond acceptors (Lipinski definition) is 2. The average Bonchev–Trinajstić information content (AvgIpc) is 2.00. The van der Waals surface area contributed by atoms with Crippen molar-refractivity contribution in [1.29, 1.82) is 0 Å². The zero-order valence-corrected chi connectivity index (χ0v) is 7.83. The highest BCUT2D eigenvalue weighted by atomic mass is 16.4. The first-order valence-corrected chi connectivity index (χ1v) is 4.23. The van der Waals surface area contributed by atoms with Crippen molar-refractivity contribution >= 4 is 11.8 Å². The molecule has 0 saturated heterocycles. The molecular formula is C9H16O3. The maximum absolute atomic E-state index is 11.2. The van der Waals surface area contributed by atoms with Crippen molar-refractivity contribution in [2.24, 2.45) is 11.8 Å². The van der Waals surface area contributed by atoms with E-state index in [0.717, 1.165) is 6.42 Å². The van der Waals surface area contributed by atoms with E-state index in [9.17, 15) is 9.59 Å². The molecule has 0 aliphatic carbocycles. The fourth-order valence-corrected chi connectivity index (χ4v) is 0.981. The molecule has 3 heteroatoms. The Balaban J connectivity index is 4.01. The lowest BCUT2D eigenvalue weighted by Crippen LogP contribution is -2.20. The van der Waals surface area contributed by atoms with Gasteiger partial charge in [-0.3, -0.25) is 9.59 Å². The van der Waals surface area contributed by atoms with Crippen LogP contribution >= 0.6 is 0 Å². The third-order valence-electron chi connectivity index (χ3n) is 2.33. The fourth-order valence-electron chi connectivity index (χ4n) is 0.981. The Kier molecular flexibility index (Phi) is 4.55. The third kappa shape index (κ3) is 3.51. The zero-order valence-electron chi connectivity index (χ0n) is 7.83. The fraction of sp³-hybridized carbons (Fsp3) is 0.778. The van der Waals surface area contributed by atoms with Crippen molar-refractivity contribution in [1.82, 2.24) is 0 Å². The van der Waals surface area contributed by atoms with E-state index in [4.69, 9.17) is 5.11 Å². The summed E-state index contributed by atoms with van der Waals surface area (Å²) < 4.78 is 0. The summed E-state index contributed by atoms with van der Waals surface area (Å²) in [6.45, 7) is 5.75. The van der Waals surface area contributed by atoms with Crippen LogP contribution in [-0.4, -0.2) is 16.9 Å². The molecule has 0 aromatic carbocycles. The molecule has 70 valence electrons. The minimum atomic E-state index is -1.03. The molecule has 0 aliphatic heterocycles. The predicted octanol–water partition coefficient (Wildman–Crippen LogP) is 1.71. The number of carbonyl (C=O) groups excluding carboxylic acids is 1. The van der Waals surface area contributed by atoms with Crippen LogP contribution in [0.2, 0.25) is 0 Å². The van der Waals surface area contributed by atoms with Gasteiger partial charge in [0.1, 0.15) is 12.2 Å². The molecule has 2 unspecified atom stereocenters. The Hall–Kier alpha value is -0.860. The van der Waals surface area contributed by atoms with Crippen LogP contribution in [0.1, 0.15) is 33.6 Å². The number of rotatable bonds is 5. The standard InChI is InChI=1S/C9H16O3/c1-4-6(2)7(3)8(10)5-9(11)12/h6-7H,4-5H2,1-3H3,(H,11,12). The summed E-state index contributed by atoms with van der Waals surface area (Å²) in [6, 6.07) is 0. The Morgan fingerprint density at radius 2 is 1.83 bits per heavy atom. The Morgan fingerprint density at radius 3 is 2.17 bits per heavy atom. The zero-order chi connectivity index (χ0) is 9.72. The van der Waals surface area contributed by atoms with Gasteiger partial charge in [0.05, 0.1) is 0 Å². The summed E-state index contributed by atoms with van der Waals surface area (Å²) in [7, 11) is 0. The lowest BCUT2D eigenvalue weighted by molar-refractivity contribution is -0.141. The smallest absolute Gasteiger partial charge is 0.310 e. The first-order chi connectivity index (χ1) is 5.49. The molecule has 0 aliphatic rings. The molecule has 0 aromatic heterocycles. The summed E-state index contributed by atoms with van der Waals surface area (Å²) in [5.41, 5.74) is 0. The summed E-state index contributed by atoms with van der Waals surface area (Å²) in [6.07, 6.45) is 0.567. The van der Waals surface area contributed by atoms with Crippen molar-refractivity contribution in [3.05, 3.63) is 0 Å². The minimum absolute atomic E-state index is 0.133. The summed E-state index contributed by atoms with van der Waals surface area (Å²) in [5.74, 6) is -1.06. The third-order valence-corrected chi connectivity index (χ3v) is 2.33. The van der Waals surface area contributed by atoms with Crippen molar-refractivity contribution in [3.63, 3.8) is 0 Å². The number of carboxylic acids is 1. The van der Waals surface area contributed by atoms with Gasteiger partial charge in [-0.25, -0.2) is 0 Å². The highest BCUT2D eigenvalue weighted by Crippen LogP contribution is 2.16. The van der Waals surface area contributed by atoms with Crippen LogP contribution in [0.25, 0.3) is 0 Å². The van der Waals surface area contributed by atoms with Crippen LogP contribution in [0, 0.1) is 11.8 Å². The van der Waals surface area contributed by atoms with E-state index in [-0.39, 0.29) is 24.0 Å². The van der Waals surface area contributed by atoms with E-state index >= 15 is 0 Å². The van der Waals surface area contributed by atoms with Gasteiger partial charge in [0.15, 0.2) is 0 Å². The van der Waals surface area contributed by atoms with Crippen LogP contribution in [0.3, 0.4) is 0 Å². The van der Waals surface area contributed by atoms with Crippen LogP contribution < -0.4 is 0 Å². The second-order valence-electron chi connectivity index (χ2n) is 3.21. The van der Waals surface area contributed by atoms with E-state index in [1.165, 1.54) is 0 Å². The molecule has 0 bridgehead atoms. The van der Waals surface area contributed by atoms with Gasteiger partial charge in [-0.1, -0.05) is 27.2 Å². The van der Waals surface area contributed by atoms with Crippen LogP contribution in [0.15, 0.2) is 0 Å². The molecule has 2 atom stereocenters. The number of ketones is 1. The number of carbonyl (C=O) groups is 2. The van der Waals surface area contributed by atoms with Gasteiger partial charge in [0.25, 0.3) is 0 Å². The molecule has 1 N–H and O–H groups in total. The highest BCUT2D eigenvalue weighted by Gasteiger charge is 2.20. The molecule has 3 nitrogen and oxygen atoms in total. The summed E-state index contributed by atoms with van der Waals surface area (Å²) in [4.78, 5) is 21.4. The van der Waals surface area contributed by atoms with E-state index in [2.05, 4.69) is 0 Å². The second kappa shape index (κ2) is 4.91. The van der Waals surface area contributed by atoms with Crippen molar-refractivity contribution in [3.8, 4) is 0 Å². The Bertz CT molecular complexity index is 175. The van der Waals surface area contributed by atoms with Gasteiger partial charge >= 0.3 is 5.97 Å². The van der Waals surface area contributed by atoms with Gasteiger partial charge < -0.3 is 5.11 Å². The molecule has 0 aromatic rings. The van der Waals surface area contributed by atoms with Crippen LogP contribution in [-0.2, 0) is 9.59 Å². The topological polar surface area (TPSA) is 54.4 Å². The van der Waals surface area contributed by atoms with Gasteiger partial charge in [0, 0.05) is 5.92 Å². The monoisotopic (exact) mass is 172 g/mol. The predicted molar refractivity (Wildman–Crippen MR) is 45.9 cm³/mol. The maximum atomic E-state index is 11.2. The second-order valence-corrected chi connectivity index (χ2v) is 3.21. The van der Waals surface area contributed by atoms with Gasteiger partial charge in [-0.05, 0) is 5.92 Å². The molecule has 0 radical (unpaired) electrons. The molecule has 0 fully saturated rings. The lowest BCUT2D eigenvalue weighted by atomic mass is 9.89. The molecular weight excluding hydrogens is 156 g/mol. The highest BCUT2D eigenvalue weighted by molar-refractivity contribution is 5.95. The number of aliphatic carboxylic acids is 1. The number of Topliss-reactive ketones (excluding diaryl/α,β-unsaturated/α-hetero) is 1. The molecule has 12 heavy (non-hydrogen) atoms. The molecule has 0 saturated carbocycles. The summed E-state index contributed by atoms with van der Waals surface area (Å²) in [5, 5.41) is 8.37. The van der Waals surface area contributed by atoms with E-state index in [1.54, 1.807) is 6.92 Å². The first kappa shape index (κ1) is 11.1. The minimum Gasteiger partial charge on any atom is -0.481 e. The SMILES string of the molecule is CCC(C)C(C)C(=O)CC(=O)O. The van der Waals surface area contributed by atoms with Crippen molar-refractivity contribution < 1.29 is 14.7 Å². The van der Waals surface area contributed by atoms with Crippen LogP contribution in [0.4, 0.5) is 0 Å². The molecule has 0 spiro atoms. The molecule has 0 heterocycles. The van der Waals surface area contributed by atoms with Gasteiger partial charge in [-0.2, -0.15) is 0 Å².